The minimum atomic E-state index is -0.564. The molecule has 0 saturated heterocycles. The molecule has 1 aliphatic rings. The molecular formula is C22H29N3O5S. The van der Waals surface area contributed by atoms with Gasteiger partial charge in [0.1, 0.15) is 5.00 Å². The molecule has 2 amide bonds. The van der Waals surface area contributed by atoms with E-state index in [2.05, 4.69) is 38.3 Å². The maximum absolute atomic E-state index is 13.1. The number of benzene rings is 1. The fourth-order valence-electron chi connectivity index (χ4n) is 4.26. The van der Waals surface area contributed by atoms with Crippen LogP contribution in [-0.2, 0) is 12.0 Å². The van der Waals surface area contributed by atoms with Crippen LogP contribution in [0.15, 0.2) is 12.1 Å². The maximum atomic E-state index is 13.1. The number of anilines is 1. The Morgan fingerprint density at radius 1 is 1.06 bits per heavy atom. The van der Waals surface area contributed by atoms with Gasteiger partial charge in [0.25, 0.3) is 11.8 Å². The molecule has 3 rings (SSSR count). The van der Waals surface area contributed by atoms with E-state index in [9.17, 15) is 9.59 Å². The predicted octanol–water partition coefficient (Wildman–Crippen LogP) is 3.28. The van der Waals surface area contributed by atoms with Crippen LogP contribution in [0.4, 0.5) is 5.00 Å². The second-order valence-electron chi connectivity index (χ2n) is 8.66. The van der Waals surface area contributed by atoms with Crippen molar-refractivity contribution < 1.29 is 23.8 Å². The average Bonchev–Trinajstić information content (AvgIpc) is 3.03. The summed E-state index contributed by atoms with van der Waals surface area (Å²) >= 11 is 1.37. The van der Waals surface area contributed by atoms with Crippen molar-refractivity contribution in [1.29, 1.82) is 0 Å². The van der Waals surface area contributed by atoms with Crippen LogP contribution in [0.5, 0.6) is 17.2 Å². The minimum Gasteiger partial charge on any atom is -0.493 e. The number of hydrogen-bond donors (Lipinski definition) is 3. The largest absolute Gasteiger partial charge is 0.493 e. The molecule has 2 heterocycles. The van der Waals surface area contributed by atoms with E-state index >= 15 is 0 Å². The first kappa shape index (κ1) is 22.9. The fourth-order valence-corrected chi connectivity index (χ4v) is 5.54. The molecule has 1 aromatic heterocycles. The molecule has 8 nitrogen and oxygen atoms in total. The molecule has 1 aromatic carbocycles. The van der Waals surface area contributed by atoms with Gasteiger partial charge in [-0.15, -0.1) is 11.3 Å². The molecule has 168 valence electrons. The van der Waals surface area contributed by atoms with Crippen LogP contribution in [0.2, 0.25) is 0 Å². The van der Waals surface area contributed by atoms with E-state index < -0.39 is 11.8 Å². The van der Waals surface area contributed by atoms with Crippen LogP contribution in [0.1, 0.15) is 58.9 Å². The minimum absolute atomic E-state index is 0.222. The van der Waals surface area contributed by atoms with Gasteiger partial charge in [-0.3, -0.25) is 9.59 Å². The number of carbonyl (C=O) groups excluding carboxylic acids is 2. The zero-order chi connectivity index (χ0) is 23.1. The Labute approximate surface area is 186 Å². The van der Waals surface area contributed by atoms with Gasteiger partial charge < -0.3 is 30.6 Å². The summed E-state index contributed by atoms with van der Waals surface area (Å²) in [4.78, 5) is 26.5. The first-order valence-corrected chi connectivity index (χ1v) is 10.6. The Morgan fingerprint density at radius 2 is 1.65 bits per heavy atom. The lowest BCUT2D eigenvalue weighted by molar-refractivity contribution is 0.0999. The lowest BCUT2D eigenvalue weighted by Crippen LogP contribution is -2.55. The fraction of sp³-hybridized carbons (Fsp3) is 0.455. The molecule has 0 radical (unpaired) electrons. The zero-order valence-corrected chi connectivity index (χ0v) is 19.7. The smallest absolute Gasteiger partial charge is 0.256 e. The summed E-state index contributed by atoms with van der Waals surface area (Å²) in [7, 11) is 4.45. The molecule has 0 atom stereocenters. The van der Waals surface area contributed by atoms with Crippen LogP contribution in [0, 0.1) is 0 Å². The third-order valence-electron chi connectivity index (χ3n) is 5.24. The van der Waals surface area contributed by atoms with Gasteiger partial charge in [0.05, 0.1) is 26.9 Å². The quantitative estimate of drug-likeness (QED) is 0.627. The molecule has 31 heavy (non-hydrogen) atoms. The SMILES string of the molecule is COc1cc(C(=O)Nc2sc3c(c2C(N)=O)CC(C)(C)NC3(C)C)cc(OC)c1OC. The van der Waals surface area contributed by atoms with Gasteiger partial charge in [0.2, 0.25) is 5.75 Å². The number of nitrogens with one attached hydrogen (secondary N) is 2. The predicted molar refractivity (Wildman–Crippen MR) is 121 cm³/mol. The number of carbonyl (C=O) groups is 2. The van der Waals surface area contributed by atoms with Crippen molar-refractivity contribution in [2.24, 2.45) is 5.73 Å². The highest BCUT2D eigenvalue weighted by molar-refractivity contribution is 7.17. The van der Waals surface area contributed by atoms with Crippen molar-refractivity contribution in [3.8, 4) is 17.2 Å². The summed E-state index contributed by atoms with van der Waals surface area (Å²) in [5.74, 6) is 0.136. The van der Waals surface area contributed by atoms with Gasteiger partial charge >= 0.3 is 0 Å². The number of hydrogen-bond acceptors (Lipinski definition) is 7. The van der Waals surface area contributed by atoms with E-state index in [1.807, 2.05) is 0 Å². The standard InChI is InChI=1S/C22H29N3O5S/c1-21(2)10-12-15(18(23)26)20(31-17(12)22(3,4)25-21)24-19(27)11-8-13(28-5)16(30-7)14(9-11)29-6/h8-9,25H,10H2,1-7H3,(H2,23,26)(H,24,27). The number of primary amides is 1. The highest BCUT2D eigenvalue weighted by Crippen LogP contribution is 2.45. The van der Waals surface area contributed by atoms with Crippen LogP contribution >= 0.6 is 11.3 Å². The molecule has 4 N–H and O–H groups in total. The number of rotatable bonds is 6. The van der Waals surface area contributed by atoms with Gasteiger partial charge in [-0.25, -0.2) is 0 Å². The first-order chi connectivity index (χ1) is 14.4. The van der Waals surface area contributed by atoms with Gasteiger partial charge in [0, 0.05) is 21.5 Å². The number of amides is 2. The van der Waals surface area contributed by atoms with Gasteiger partial charge in [0.15, 0.2) is 11.5 Å². The number of methoxy groups -OCH3 is 3. The van der Waals surface area contributed by atoms with Gasteiger partial charge in [-0.2, -0.15) is 0 Å². The van der Waals surface area contributed by atoms with Crippen molar-refractivity contribution in [1.82, 2.24) is 5.32 Å². The van der Waals surface area contributed by atoms with Crippen LogP contribution in [0.25, 0.3) is 0 Å². The summed E-state index contributed by atoms with van der Waals surface area (Å²) in [6, 6.07) is 3.12. The van der Waals surface area contributed by atoms with Crippen LogP contribution < -0.4 is 30.6 Å². The van der Waals surface area contributed by atoms with E-state index in [1.54, 1.807) is 12.1 Å². The number of thiophene rings is 1. The molecule has 0 spiro atoms. The number of nitrogens with two attached hydrogens (primary N) is 1. The Morgan fingerprint density at radius 3 is 2.13 bits per heavy atom. The molecule has 0 bridgehead atoms. The molecule has 0 saturated carbocycles. The molecular weight excluding hydrogens is 418 g/mol. The Kier molecular flexibility index (Phi) is 5.94. The molecule has 0 fully saturated rings. The molecule has 1 aliphatic heterocycles. The summed E-state index contributed by atoms with van der Waals surface area (Å²) in [5.41, 5.74) is 6.69. The second kappa shape index (κ2) is 8.05. The van der Waals surface area contributed by atoms with Crippen molar-refractivity contribution in [3.63, 3.8) is 0 Å². The summed E-state index contributed by atoms with van der Waals surface area (Å²) in [6.07, 6.45) is 0.626. The van der Waals surface area contributed by atoms with E-state index in [4.69, 9.17) is 19.9 Å². The third kappa shape index (κ3) is 4.20. The van der Waals surface area contributed by atoms with Gasteiger partial charge in [-0.05, 0) is 51.8 Å². The highest BCUT2D eigenvalue weighted by atomic mass is 32.1. The van der Waals surface area contributed by atoms with Crippen LogP contribution in [-0.4, -0.2) is 38.7 Å². The zero-order valence-electron chi connectivity index (χ0n) is 18.9. The molecule has 0 unspecified atom stereocenters. The Balaban J connectivity index is 2.05. The van der Waals surface area contributed by atoms with E-state index in [1.165, 1.54) is 32.7 Å². The van der Waals surface area contributed by atoms with Crippen molar-refractivity contribution in [2.45, 2.75) is 45.2 Å². The molecule has 0 aliphatic carbocycles. The normalized spacial score (nSPS) is 16.2. The summed E-state index contributed by atoms with van der Waals surface area (Å²) < 4.78 is 16.0. The van der Waals surface area contributed by atoms with E-state index in [0.29, 0.717) is 39.8 Å². The monoisotopic (exact) mass is 447 g/mol. The first-order valence-electron chi connectivity index (χ1n) is 9.80. The van der Waals surface area contributed by atoms with Gasteiger partial charge in [-0.1, -0.05) is 0 Å². The highest BCUT2D eigenvalue weighted by Gasteiger charge is 2.41. The molecule has 9 heteroatoms. The van der Waals surface area contributed by atoms with Crippen molar-refractivity contribution >= 4 is 28.2 Å². The van der Waals surface area contributed by atoms with E-state index in [-0.39, 0.29) is 11.1 Å². The van der Waals surface area contributed by atoms with E-state index in [0.717, 1.165) is 10.4 Å². The lowest BCUT2D eigenvalue weighted by Gasteiger charge is -2.42. The number of ether oxygens (including phenoxy) is 3. The maximum Gasteiger partial charge on any atom is 0.256 e. The Hall–Kier alpha value is -2.78. The van der Waals surface area contributed by atoms with Crippen molar-refractivity contribution in [3.05, 3.63) is 33.7 Å². The lowest BCUT2D eigenvalue weighted by atomic mass is 9.81. The third-order valence-corrected chi connectivity index (χ3v) is 6.72. The summed E-state index contributed by atoms with van der Waals surface area (Å²) in [5, 5.41) is 6.90. The molecule has 2 aromatic rings. The topological polar surface area (TPSA) is 112 Å². The Bertz CT molecular complexity index is 1020. The summed E-state index contributed by atoms with van der Waals surface area (Å²) in [6.45, 7) is 8.26. The van der Waals surface area contributed by atoms with Crippen LogP contribution in [0.3, 0.4) is 0 Å². The van der Waals surface area contributed by atoms with Crippen molar-refractivity contribution in [2.75, 3.05) is 26.6 Å². The second-order valence-corrected chi connectivity index (χ2v) is 9.68. The average molecular weight is 448 g/mol. The number of fused-ring (bicyclic) bond motifs is 1.